The van der Waals surface area contributed by atoms with Crippen molar-refractivity contribution in [2.45, 2.75) is 40.3 Å². The first-order chi connectivity index (χ1) is 14.8. The highest BCUT2D eigenvalue weighted by molar-refractivity contribution is 5.99. The zero-order chi connectivity index (χ0) is 23.0. The number of carbonyl (C=O) groups is 2. The fourth-order valence-electron chi connectivity index (χ4n) is 3.37. The van der Waals surface area contributed by atoms with Gasteiger partial charge in [0, 0.05) is 19.6 Å². The van der Waals surface area contributed by atoms with E-state index in [-0.39, 0.29) is 30.1 Å². The minimum Gasteiger partial charge on any atom is -0.496 e. The first-order valence-corrected chi connectivity index (χ1v) is 10.6. The quantitative estimate of drug-likeness (QED) is 0.604. The van der Waals surface area contributed by atoms with E-state index in [1.807, 2.05) is 32.6 Å². The van der Waals surface area contributed by atoms with Crippen LogP contribution < -0.4 is 20.3 Å². The summed E-state index contributed by atoms with van der Waals surface area (Å²) in [6.07, 6.45) is 0. The predicted molar refractivity (Wildman–Crippen MR) is 121 cm³/mol. The van der Waals surface area contributed by atoms with Gasteiger partial charge in [0.05, 0.1) is 18.4 Å². The summed E-state index contributed by atoms with van der Waals surface area (Å²) >= 11 is 0. The highest BCUT2D eigenvalue weighted by Crippen LogP contribution is 2.21. The molecule has 0 aliphatic carbocycles. The summed E-state index contributed by atoms with van der Waals surface area (Å²) in [6.45, 7) is 9.25. The zero-order valence-electron chi connectivity index (χ0n) is 18.9. The lowest BCUT2D eigenvalue weighted by atomic mass is 10.0. The number of anilines is 1. The molecule has 1 unspecified atom stereocenters. The van der Waals surface area contributed by atoms with Crippen LogP contribution in [-0.4, -0.2) is 38.1 Å². The molecule has 0 saturated heterocycles. The Morgan fingerprint density at radius 3 is 2.35 bits per heavy atom. The van der Waals surface area contributed by atoms with Crippen LogP contribution in [0.15, 0.2) is 42.5 Å². The number of methoxy groups -OCH3 is 1. The Bertz CT molecular complexity index is 897. The zero-order valence-corrected chi connectivity index (χ0v) is 18.9. The van der Waals surface area contributed by atoms with E-state index in [0.717, 1.165) is 0 Å². The summed E-state index contributed by atoms with van der Waals surface area (Å²) in [4.78, 5) is 27.4. The molecule has 0 aliphatic rings. The number of para-hydroxylation sites is 1. The number of carbonyl (C=O) groups excluding carboxylic acids is 2. The maximum Gasteiger partial charge on any atom is 0.255 e. The Balaban J connectivity index is 2.06. The number of nitrogens with one attached hydrogen (secondary N) is 2. The van der Waals surface area contributed by atoms with Crippen LogP contribution in [0, 0.1) is 11.7 Å². The number of amides is 2. The highest BCUT2D eigenvalue weighted by Gasteiger charge is 2.25. The number of halogens is 1. The van der Waals surface area contributed by atoms with Crippen LogP contribution in [0.25, 0.3) is 0 Å². The largest absolute Gasteiger partial charge is 0.496 e. The van der Waals surface area contributed by atoms with Gasteiger partial charge >= 0.3 is 0 Å². The maximum atomic E-state index is 14.5. The Morgan fingerprint density at radius 2 is 1.77 bits per heavy atom. The molecular weight excluding hydrogens is 397 g/mol. The third-order valence-corrected chi connectivity index (χ3v) is 5.17. The Hall–Kier alpha value is -3.09. The first kappa shape index (κ1) is 24.2. The van der Waals surface area contributed by atoms with Crippen LogP contribution in [0.2, 0.25) is 0 Å². The van der Waals surface area contributed by atoms with Crippen LogP contribution in [0.3, 0.4) is 0 Å². The third kappa shape index (κ3) is 6.20. The molecule has 1 atom stereocenters. The molecule has 0 fully saturated rings. The van der Waals surface area contributed by atoms with Gasteiger partial charge in [-0.3, -0.25) is 9.59 Å². The monoisotopic (exact) mass is 429 g/mol. The molecule has 2 aromatic rings. The lowest BCUT2D eigenvalue weighted by Gasteiger charge is -2.23. The average Bonchev–Trinajstić information content (AvgIpc) is 2.77. The van der Waals surface area contributed by atoms with Gasteiger partial charge in [-0.1, -0.05) is 32.0 Å². The fraction of sp³-hybridized carbons (Fsp3) is 0.417. The summed E-state index contributed by atoms with van der Waals surface area (Å²) in [5, 5.41) is 5.59. The molecule has 7 heteroatoms. The van der Waals surface area contributed by atoms with Crippen LogP contribution in [0.5, 0.6) is 5.75 Å². The molecule has 2 rings (SSSR count). The van der Waals surface area contributed by atoms with E-state index in [2.05, 4.69) is 10.6 Å². The molecule has 168 valence electrons. The van der Waals surface area contributed by atoms with Crippen LogP contribution in [-0.2, 0) is 11.3 Å². The lowest BCUT2D eigenvalue weighted by molar-refractivity contribution is -0.124. The maximum absolute atomic E-state index is 14.5. The SMILES string of the molecule is CCN(CC)c1ccc(CNC(=O)C(NC(=O)c2ccccc2OC)C(C)C)cc1F. The Morgan fingerprint density at radius 1 is 1.10 bits per heavy atom. The summed E-state index contributed by atoms with van der Waals surface area (Å²) in [7, 11) is 1.49. The second kappa shape index (κ2) is 11.3. The van der Waals surface area contributed by atoms with E-state index in [0.29, 0.717) is 35.7 Å². The second-order valence-electron chi connectivity index (χ2n) is 7.57. The van der Waals surface area contributed by atoms with Gasteiger partial charge in [-0.2, -0.15) is 0 Å². The van der Waals surface area contributed by atoms with E-state index in [1.54, 1.807) is 36.4 Å². The molecule has 0 bridgehead atoms. The molecule has 2 amide bonds. The van der Waals surface area contributed by atoms with Crippen molar-refractivity contribution in [2.24, 2.45) is 5.92 Å². The van der Waals surface area contributed by atoms with Gasteiger partial charge < -0.3 is 20.3 Å². The number of rotatable bonds is 10. The molecule has 0 aliphatic heterocycles. The van der Waals surface area contributed by atoms with E-state index in [1.165, 1.54) is 13.2 Å². The van der Waals surface area contributed by atoms with Crippen molar-refractivity contribution in [3.63, 3.8) is 0 Å². The third-order valence-electron chi connectivity index (χ3n) is 5.17. The molecule has 2 N–H and O–H groups in total. The van der Waals surface area contributed by atoms with Gasteiger partial charge in [0.15, 0.2) is 0 Å². The van der Waals surface area contributed by atoms with Gasteiger partial charge in [-0.25, -0.2) is 4.39 Å². The van der Waals surface area contributed by atoms with Gasteiger partial charge in [-0.05, 0) is 49.6 Å². The molecule has 0 saturated carbocycles. The summed E-state index contributed by atoms with van der Waals surface area (Å²) in [5.74, 6) is -0.736. The van der Waals surface area contributed by atoms with Crippen molar-refractivity contribution in [1.29, 1.82) is 0 Å². The number of nitrogens with zero attached hydrogens (tertiary/aromatic N) is 1. The molecule has 6 nitrogen and oxygen atoms in total. The molecule has 31 heavy (non-hydrogen) atoms. The Kier molecular flexibility index (Phi) is 8.85. The first-order valence-electron chi connectivity index (χ1n) is 10.6. The molecular formula is C24H32FN3O3. The van der Waals surface area contributed by atoms with E-state index in [9.17, 15) is 14.0 Å². The summed E-state index contributed by atoms with van der Waals surface area (Å²) < 4.78 is 19.7. The number of hydrogen-bond donors (Lipinski definition) is 2. The van der Waals surface area contributed by atoms with Gasteiger partial charge in [0.1, 0.15) is 17.6 Å². The van der Waals surface area contributed by atoms with Gasteiger partial charge in [0.25, 0.3) is 5.91 Å². The van der Waals surface area contributed by atoms with E-state index in [4.69, 9.17) is 4.74 Å². The summed E-state index contributed by atoms with van der Waals surface area (Å²) in [5.41, 5.74) is 1.56. The standard InChI is InChI=1S/C24H32FN3O3/c1-6-28(7-2)20-13-12-17(14-19(20)25)15-26-24(30)22(16(3)4)27-23(29)18-10-8-9-11-21(18)31-5/h8-14,16,22H,6-7,15H2,1-5H3,(H,26,30)(H,27,29). The topological polar surface area (TPSA) is 70.7 Å². The van der Waals surface area contributed by atoms with E-state index >= 15 is 0 Å². The van der Waals surface area contributed by atoms with Crippen molar-refractivity contribution < 1.29 is 18.7 Å². The minimum absolute atomic E-state index is 0.138. The summed E-state index contributed by atoms with van der Waals surface area (Å²) in [6, 6.07) is 11.1. The second-order valence-corrected chi connectivity index (χ2v) is 7.57. The van der Waals surface area contributed by atoms with E-state index < -0.39 is 6.04 Å². The van der Waals surface area contributed by atoms with Crippen molar-refractivity contribution in [3.8, 4) is 5.75 Å². The normalized spacial score (nSPS) is 11.7. The molecule has 0 spiro atoms. The minimum atomic E-state index is -0.739. The number of benzene rings is 2. The van der Waals surface area contributed by atoms with Gasteiger partial charge in [0.2, 0.25) is 5.91 Å². The molecule has 0 aromatic heterocycles. The van der Waals surface area contributed by atoms with Crippen LogP contribution >= 0.6 is 0 Å². The molecule has 2 aromatic carbocycles. The predicted octanol–water partition coefficient (Wildman–Crippen LogP) is 3.75. The number of hydrogen-bond acceptors (Lipinski definition) is 4. The molecule has 0 radical (unpaired) electrons. The highest BCUT2D eigenvalue weighted by atomic mass is 19.1. The van der Waals surface area contributed by atoms with Crippen molar-refractivity contribution >= 4 is 17.5 Å². The smallest absolute Gasteiger partial charge is 0.255 e. The van der Waals surface area contributed by atoms with Crippen molar-refractivity contribution in [1.82, 2.24) is 10.6 Å². The fourth-order valence-corrected chi connectivity index (χ4v) is 3.37. The van der Waals surface area contributed by atoms with Gasteiger partial charge in [-0.15, -0.1) is 0 Å². The lowest BCUT2D eigenvalue weighted by Crippen LogP contribution is -2.49. The number of ether oxygens (including phenoxy) is 1. The Labute approximate surface area is 183 Å². The van der Waals surface area contributed by atoms with Crippen LogP contribution in [0.4, 0.5) is 10.1 Å². The van der Waals surface area contributed by atoms with Crippen molar-refractivity contribution in [2.75, 3.05) is 25.1 Å². The van der Waals surface area contributed by atoms with Crippen molar-refractivity contribution in [3.05, 3.63) is 59.4 Å². The average molecular weight is 430 g/mol. The molecule has 0 heterocycles. The van der Waals surface area contributed by atoms with Crippen LogP contribution in [0.1, 0.15) is 43.6 Å².